The van der Waals surface area contributed by atoms with Gasteiger partial charge in [-0.15, -0.1) is 0 Å². The van der Waals surface area contributed by atoms with Crippen molar-refractivity contribution < 1.29 is 13.2 Å². The number of rotatable bonds is 9. The van der Waals surface area contributed by atoms with Gasteiger partial charge in [-0.05, 0) is 60.5 Å². The maximum Gasteiger partial charge on any atom is 0.260 e. The zero-order valence-corrected chi connectivity index (χ0v) is 21.6. The molecule has 0 saturated heterocycles. The summed E-state index contributed by atoms with van der Waals surface area (Å²) in [5, 5.41) is 0.573. The number of carbonyl (C=O) groups excluding carboxylic acids is 1. The van der Waals surface area contributed by atoms with Gasteiger partial charge in [-0.1, -0.05) is 44.2 Å². The number of benzene rings is 2. The van der Waals surface area contributed by atoms with E-state index in [-0.39, 0.29) is 17.3 Å². The van der Waals surface area contributed by atoms with E-state index < -0.39 is 10.0 Å². The van der Waals surface area contributed by atoms with E-state index in [0.717, 1.165) is 22.3 Å². The summed E-state index contributed by atoms with van der Waals surface area (Å²) in [6.45, 7) is 6.72. The van der Waals surface area contributed by atoms with E-state index >= 15 is 0 Å². The van der Waals surface area contributed by atoms with Crippen molar-refractivity contribution in [2.75, 3.05) is 18.0 Å². The summed E-state index contributed by atoms with van der Waals surface area (Å²) in [5.41, 5.74) is 3.16. The van der Waals surface area contributed by atoms with Gasteiger partial charge in [-0.3, -0.25) is 14.7 Å². The molecule has 0 aliphatic heterocycles. The topological polar surface area (TPSA) is 83.5 Å². The normalized spacial score (nSPS) is 11.8. The molecule has 182 valence electrons. The van der Waals surface area contributed by atoms with Crippen molar-refractivity contribution in [3.05, 3.63) is 83.7 Å². The maximum absolute atomic E-state index is 13.7. The SMILES string of the molecule is CCc1ccc2nc(N(Cc3ccccn3)C(=O)c3ccc(S(=O)(=O)N(CC)CC)cc3)sc2c1. The fraction of sp³-hybridized carbons (Fsp3) is 0.269. The summed E-state index contributed by atoms with van der Waals surface area (Å²) in [6, 6.07) is 17.8. The zero-order valence-electron chi connectivity index (χ0n) is 20.0. The van der Waals surface area contributed by atoms with Gasteiger partial charge in [0.1, 0.15) is 0 Å². The molecule has 2 aromatic carbocycles. The van der Waals surface area contributed by atoms with Gasteiger partial charge in [0.15, 0.2) is 5.13 Å². The number of sulfonamides is 1. The van der Waals surface area contributed by atoms with Crippen molar-refractivity contribution in [1.29, 1.82) is 0 Å². The van der Waals surface area contributed by atoms with Crippen molar-refractivity contribution in [2.24, 2.45) is 0 Å². The Morgan fingerprint density at radius 2 is 1.71 bits per heavy atom. The average Bonchev–Trinajstić information content (AvgIpc) is 3.31. The van der Waals surface area contributed by atoms with Crippen LogP contribution in [-0.4, -0.2) is 41.7 Å². The zero-order chi connectivity index (χ0) is 25.0. The number of pyridine rings is 1. The van der Waals surface area contributed by atoms with Crippen LogP contribution in [0.15, 0.2) is 71.8 Å². The molecule has 0 N–H and O–H groups in total. The summed E-state index contributed by atoms with van der Waals surface area (Å²) in [6.07, 6.45) is 2.61. The Bertz CT molecular complexity index is 1410. The van der Waals surface area contributed by atoms with E-state index in [1.807, 2.05) is 30.3 Å². The summed E-state index contributed by atoms with van der Waals surface area (Å²) in [4.78, 5) is 24.5. The van der Waals surface area contributed by atoms with Crippen LogP contribution in [0.25, 0.3) is 10.2 Å². The molecule has 2 aromatic heterocycles. The van der Waals surface area contributed by atoms with Crippen LogP contribution in [0.4, 0.5) is 5.13 Å². The van der Waals surface area contributed by atoms with Crippen molar-refractivity contribution in [2.45, 2.75) is 38.6 Å². The highest BCUT2D eigenvalue weighted by Crippen LogP contribution is 2.31. The van der Waals surface area contributed by atoms with Crippen LogP contribution in [0.3, 0.4) is 0 Å². The molecular formula is C26H28N4O3S2. The summed E-state index contributed by atoms with van der Waals surface area (Å²) < 4.78 is 28.1. The molecule has 0 unspecified atom stereocenters. The third kappa shape index (κ3) is 5.27. The Kier molecular flexibility index (Phi) is 7.59. The maximum atomic E-state index is 13.7. The number of aryl methyl sites for hydroxylation is 1. The first kappa shape index (κ1) is 25.0. The quantitative estimate of drug-likeness (QED) is 0.313. The molecule has 9 heteroatoms. The Morgan fingerprint density at radius 3 is 2.34 bits per heavy atom. The first-order valence-electron chi connectivity index (χ1n) is 11.6. The number of anilines is 1. The fourth-order valence-corrected chi connectivity index (χ4v) is 6.29. The minimum atomic E-state index is -3.60. The third-order valence-corrected chi connectivity index (χ3v) is 8.92. The van der Waals surface area contributed by atoms with Gasteiger partial charge in [0, 0.05) is 24.8 Å². The molecule has 4 rings (SSSR count). The lowest BCUT2D eigenvalue weighted by Gasteiger charge is -2.21. The van der Waals surface area contributed by atoms with Crippen LogP contribution >= 0.6 is 11.3 Å². The standard InChI is InChI=1S/C26H28N4O3S2/c1-4-19-10-15-23-24(17-19)34-26(28-23)30(18-21-9-7-8-16-27-21)25(31)20-11-13-22(14-12-20)35(32,33)29(5-2)6-3/h7-17H,4-6,18H2,1-3H3. The molecule has 0 aliphatic carbocycles. The molecule has 7 nitrogen and oxygen atoms in total. The Labute approximate surface area is 210 Å². The molecule has 35 heavy (non-hydrogen) atoms. The second-order valence-electron chi connectivity index (χ2n) is 7.98. The molecule has 0 fully saturated rings. The lowest BCUT2D eigenvalue weighted by atomic mass is 10.2. The fourth-order valence-electron chi connectivity index (χ4n) is 3.81. The minimum absolute atomic E-state index is 0.168. The smallest absolute Gasteiger partial charge is 0.260 e. The van der Waals surface area contributed by atoms with Crippen molar-refractivity contribution in [1.82, 2.24) is 14.3 Å². The monoisotopic (exact) mass is 508 g/mol. The van der Waals surface area contributed by atoms with Gasteiger partial charge in [-0.25, -0.2) is 13.4 Å². The van der Waals surface area contributed by atoms with Crippen LogP contribution in [0, 0.1) is 0 Å². The van der Waals surface area contributed by atoms with E-state index in [0.29, 0.717) is 23.8 Å². The number of hydrogen-bond donors (Lipinski definition) is 0. The van der Waals surface area contributed by atoms with E-state index in [2.05, 4.69) is 18.0 Å². The Hall–Kier alpha value is -3.14. The van der Waals surface area contributed by atoms with Crippen molar-refractivity contribution in [3.63, 3.8) is 0 Å². The molecule has 4 aromatic rings. The predicted octanol–water partition coefficient (Wildman–Crippen LogP) is 5.13. The number of hydrogen-bond acceptors (Lipinski definition) is 6. The molecule has 0 atom stereocenters. The third-order valence-electron chi connectivity index (χ3n) is 5.82. The lowest BCUT2D eigenvalue weighted by Crippen LogP contribution is -2.31. The van der Waals surface area contributed by atoms with Crippen LogP contribution in [-0.2, 0) is 23.0 Å². The number of amides is 1. The van der Waals surface area contributed by atoms with Crippen LogP contribution in [0.1, 0.15) is 42.4 Å². The van der Waals surface area contributed by atoms with E-state index in [4.69, 9.17) is 4.98 Å². The molecule has 0 spiro atoms. The number of thiazole rings is 1. The van der Waals surface area contributed by atoms with Gasteiger partial charge < -0.3 is 0 Å². The molecule has 1 amide bonds. The predicted molar refractivity (Wildman–Crippen MR) is 140 cm³/mol. The highest BCUT2D eigenvalue weighted by Gasteiger charge is 2.25. The molecule has 0 radical (unpaired) electrons. The highest BCUT2D eigenvalue weighted by atomic mass is 32.2. The van der Waals surface area contributed by atoms with Crippen molar-refractivity contribution in [3.8, 4) is 0 Å². The molecule has 0 saturated carbocycles. The largest absolute Gasteiger partial charge is 0.278 e. The lowest BCUT2D eigenvalue weighted by molar-refractivity contribution is 0.0984. The van der Waals surface area contributed by atoms with Crippen molar-refractivity contribution >= 4 is 42.6 Å². The second-order valence-corrected chi connectivity index (χ2v) is 10.9. The minimum Gasteiger partial charge on any atom is -0.278 e. The summed E-state index contributed by atoms with van der Waals surface area (Å²) in [5.74, 6) is -0.266. The summed E-state index contributed by atoms with van der Waals surface area (Å²) >= 11 is 1.46. The Morgan fingerprint density at radius 1 is 0.971 bits per heavy atom. The van der Waals surface area contributed by atoms with Gasteiger partial charge in [0.25, 0.3) is 5.91 Å². The Balaban J connectivity index is 1.70. The molecule has 0 bridgehead atoms. The van der Waals surface area contributed by atoms with Crippen LogP contribution in [0.2, 0.25) is 0 Å². The van der Waals surface area contributed by atoms with Gasteiger partial charge in [0.2, 0.25) is 10.0 Å². The molecule has 0 aliphatic rings. The number of nitrogens with zero attached hydrogens (tertiary/aromatic N) is 4. The summed E-state index contributed by atoms with van der Waals surface area (Å²) in [7, 11) is -3.60. The molecule has 2 heterocycles. The molecular weight excluding hydrogens is 480 g/mol. The number of fused-ring (bicyclic) bond motifs is 1. The van der Waals surface area contributed by atoms with E-state index in [1.165, 1.54) is 33.3 Å². The first-order valence-corrected chi connectivity index (χ1v) is 13.8. The highest BCUT2D eigenvalue weighted by molar-refractivity contribution is 7.89. The van der Waals surface area contributed by atoms with Gasteiger partial charge >= 0.3 is 0 Å². The van der Waals surface area contributed by atoms with E-state index in [1.54, 1.807) is 37.1 Å². The number of carbonyl (C=O) groups is 1. The number of aromatic nitrogens is 2. The second kappa shape index (κ2) is 10.6. The first-order chi connectivity index (χ1) is 16.9. The van der Waals surface area contributed by atoms with Crippen LogP contribution < -0.4 is 4.90 Å². The van der Waals surface area contributed by atoms with Crippen LogP contribution in [0.5, 0.6) is 0 Å². The van der Waals surface area contributed by atoms with Gasteiger partial charge in [-0.2, -0.15) is 4.31 Å². The average molecular weight is 509 g/mol. The van der Waals surface area contributed by atoms with Gasteiger partial charge in [0.05, 0.1) is 27.4 Å². The van der Waals surface area contributed by atoms with E-state index in [9.17, 15) is 13.2 Å².